The first-order valence-corrected chi connectivity index (χ1v) is 5.86. The lowest BCUT2D eigenvalue weighted by Gasteiger charge is -2.16. The van der Waals surface area contributed by atoms with Gasteiger partial charge in [0.05, 0.1) is 18.7 Å². The number of aliphatic carboxylic acids is 1. The number of likely N-dealkylation sites (tertiary alicyclic amines) is 1. The van der Waals surface area contributed by atoms with Crippen LogP contribution in [0.5, 0.6) is 0 Å². The van der Waals surface area contributed by atoms with Crippen LogP contribution in [0.1, 0.15) is 17.7 Å². The summed E-state index contributed by atoms with van der Waals surface area (Å²) in [5.41, 5.74) is 0.986. The lowest BCUT2D eigenvalue weighted by molar-refractivity contribution is -0.141. The van der Waals surface area contributed by atoms with Gasteiger partial charge in [-0.2, -0.15) is 0 Å². The Balaban J connectivity index is 1.83. The Morgan fingerprint density at radius 1 is 1.61 bits per heavy atom. The van der Waals surface area contributed by atoms with Gasteiger partial charge in [-0.15, -0.1) is 0 Å². The summed E-state index contributed by atoms with van der Waals surface area (Å²) in [6.07, 6.45) is 2.09. The fraction of sp³-hybridized carbons (Fsp3) is 0.500. The van der Waals surface area contributed by atoms with Crippen LogP contribution in [0.15, 0.2) is 16.7 Å². The van der Waals surface area contributed by atoms with Crippen molar-refractivity contribution < 1.29 is 19.1 Å². The zero-order chi connectivity index (χ0) is 13.1. The molecule has 2 N–H and O–H groups in total. The van der Waals surface area contributed by atoms with Crippen molar-refractivity contribution in [2.24, 2.45) is 5.92 Å². The zero-order valence-corrected chi connectivity index (χ0v) is 10.2. The monoisotopic (exact) mass is 252 g/mol. The quantitative estimate of drug-likeness (QED) is 0.846. The standard InChI is InChI=1S/C12H16N2O4/c1-8-3-5-18-10(8)6-13-12(17)14-4-2-9(7-14)11(15)16/h3,5,9H,2,4,6-7H2,1H3,(H,13,17)(H,15,16). The van der Waals surface area contributed by atoms with E-state index in [1.165, 1.54) is 4.90 Å². The number of nitrogens with zero attached hydrogens (tertiary/aromatic N) is 1. The number of carbonyl (C=O) groups excluding carboxylic acids is 1. The molecule has 0 radical (unpaired) electrons. The van der Waals surface area contributed by atoms with E-state index >= 15 is 0 Å². The Bertz CT molecular complexity index is 455. The molecule has 1 saturated heterocycles. The van der Waals surface area contributed by atoms with E-state index < -0.39 is 11.9 Å². The molecule has 0 spiro atoms. The van der Waals surface area contributed by atoms with Gasteiger partial charge in [0, 0.05) is 13.1 Å². The van der Waals surface area contributed by atoms with E-state index in [0.29, 0.717) is 19.5 Å². The summed E-state index contributed by atoms with van der Waals surface area (Å²) in [4.78, 5) is 24.1. The summed E-state index contributed by atoms with van der Waals surface area (Å²) >= 11 is 0. The maximum Gasteiger partial charge on any atom is 0.317 e. The average Bonchev–Trinajstić information content (AvgIpc) is 2.94. The Kier molecular flexibility index (Phi) is 3.55. The highest BCUT2D eigenvalue weighted by atomic mass is 16.4. The molecule has 1 aliphatic rings. The molecule has 2 amide bonds. The zero-order valence-electron chi connectivity index (χ0n) is 10.2. The van der Waals surface area contributed by atoms with Crippen molar-refractivity contribution in [3.05, 3.63) is 23.7 Å². The number of furan rings is 1. The maximum absolute atomic E-state index is 11.8. The summed E-state index contributed by atoms with van der Waals surface area (Å²) in [7, 11) is 0. The Morgan fingerprint density at radius 2 is 2.39 bits per heavy atom. The van der Waals surface area contributed by atoms with E-state index in [2.05, 4.69) is 5.32 Å². The van der Waals surface area contributed by atoms with E-state index in [1.807, 2.05) is 13.0 Å². The molecule has 6 heteroatoms. The molecule has 1 aromatic heterocycles. The molecule has 1 atom stereocenters. The fourth-order valence-corrected chi connectivity index (χ4v) is 2.00. The van der Waals surface area contributed by atoms with Crippen LogP contribution in [-0.2, 0) is 11.3 Å². The number of nitrogens with one attached hydrogen (secondary N) is 1. The van der Waals surface area contributed by atoms with E-state index in [-0.39, 0.29) is 12.6 Å². The first-order valence-electron chi connectivity index (χ1n) is 5.86. The molecule has 6 nitrogen and oxygen atoms in total. The molecule has 1 fully saturated rings. The second kappa shape index (κ2) is 5.12. The van der Waals surface area contributed by atoms with Crippen molar-refractivity contribution >= 4 is 12.0 Å². The molecule has 2 heterocycles. The van der Waals surface area contributed by atoms with Crippen LogP contribution in [0.25, 0.3) is 0 Å². The number of rotatable bonds is 3. The van der Waals surface area contributed by atoms with Gasteiger partial charge in [0.25, 0.3) is 0 Å². The molecular formula is C12H16N2O4. The van der Waals surface area contributed by atoms with Crippen molar-refractivity contribution in [3.63, 3.8) is 0 Å². The van der Waals surface area contributed by atoms with Gasteiger partial charge in [0.1, 0.15) is 5.76 Å². The SMILES string of the molecule is Cc1ccoc1CNC(=O)N1CCC(C(=O)O)C1. The number of urea groups is 1. The fourth-order valence-electron chi connectivity index (χ4n) is 2.00. The average molecular weight is 252 g/mol. The third-order valence-electron chi connectivity index (χ3n) is 3.19. The smallest absolute Gasteiger partial charge is 0.317 e. The summed E-state index contributed by atoms with van der Waals surface area (Å²) in [6.45, 7) is 2.99. The van der Waals surface area contributed by atoms with Crippen molar-refractivity contribution in [2.45, 2.75) is 19.9 Å². The summed E-state index contributed by atoms with van der Waals surface area (Å²) in [5, 5.41) is 11.6. The number of amides is 2. The predicted octanol–water partition coefficient (Wildman–Crippen LogP) is 1.20. The van der Waals surface area contributed by atoms with Gasteiger partial charge >= 0.3 is 12.0 Å². The molecule has 1 aromatic rings. The molecule has 1 aliphatic heterocycles. The lowest BCUT2D eigenvalue weighted by Crippen LogP contribution is -2.38. The Hall–Kier alpha value is -1.98. The predicted molar refractivity (Wildman–Crippen MR) is 63.0 cm³/mol. The largest absolute Gasteiger partial charge is 0.481 e. The number of carbonyl (C=O) groups is 2. The highest BCUT2D eigenvalue weighted by Crippen LogP contribution is 2.16. The van der Waals surface area contributed by atoms with Crippen LogP contribution in [-0.4, -0.2) is 35.1 Å². The molecule has 0 saturated carbocycles. The van der Waals surface area contributed by atoms with Crippen LogP contribution in [0.2, 0.25) is 0 Å². The third kappa shape index (κ3) is 2.64. The van der Waals surface area contributed by atoms with E-state index in [1.54, 1.807) is 6.26 Å². The molecule has 18 heavy (non-hydrogen) atoms. The van der Waals surface area contributed by atoms with Gasteiger partial charge in [0.15, 0.2) is 0 Å². The van der Waals surface area contributed by atoms with Crippen molar-refractivity contribution in [1.82, 2.24) is 10.2 Å². The van der Waals surface area contributed by atoms with E-state index in [0.717, 1.165) is 11.3 Å². The normalized spacial score (nSPS) is 18.9. The summed E-state index contributed by atoms with van der Waals surface area (Å²) < 4.78 is 5.21. The molecule has 98 valence electrons. The van der Waals surface area contributed by atoms with Gasteiger partial charge in [-0.05, 0) is 25.0 Å². The second-order valence-electron chi connectivity index (χ2n) is 4.46. The minimum Gasteiger partial charge on any atom is -0.481 e. The van der Waals surface area contributed by atoms with E-state index in [4.69, 9.17) is 9.52 Å². The highest BCUT2D eigenvalue weighted by Gasteiger charge is 2.30. The van der Waals surface area contributed by atoms with Crippen LogP contribution in [0, 0.1) is 12.8 Å². The van der Waals surface area contributed by atoms with Crippen LogP contribution >= 0.6 is 0 Å². The van der Waals surface area contributed by atoms with Gasteiger partial charge in [0.2, 0.25) is 0 Å². The van der Waals surface area contributed by atoms with Crippen molar-refractivity contribution in [3.8, 4) is 0 Å². The number of aryl methyl sites for hydroxylation is 1. The Morgan fingerprint density at radius 3 is 2.94 bits per heavy atom. The highest BCUT2D eigenvalue weighted by molar-refractivity contribution is 5.77. The summed E-state index contributed by atoms with van der Waals surface area (Å²) in [5.74, 6) is -0.564. The van der Waals surface area contributed by atoms with Crippen molar-refractivity contribution in [1.29, 1.82) is 0 Å². The number of hydrogen-bond donors (Lipinski definition) is 2. The minimum atomic E-state index is -0.841. The number of carboxylic acid groups (broad SMARTS) is 1. The lowest BCUT2D eigenvalue weighted by atomic mass is 10.1. The first kappa shape index (κ1) is 12.5. The second-order valence-corrected chi connectivity index (χ2v) is 4.46. The number of hydrogen-bond acceptors (Lipinski definition) is 3. The molecule has 0 bridgehead atoms. The number of carboxylic acids is 1. The van der Waals surface area contributed by atoms with Crippen LogP contribution in [0.3, 0.4) is 0 Å². The van der Waals surface area contributed by atoms with E-state index in [9.17, 15) is 9.59 Å². The molecule has 0 aliphatic carbocycles. The van der Waals surface area contributed by atoms with Crippen LogP contribution in [0.4, 0.5) is 4.79 Å². The van der Waals surface area contributed by atoms with Gasteiger partial charge in [-0.1, -0.05) is 0 Å². The third-order valence-corrected chi connectivity index (χ3v) is 3.19. The maximum atomic E-state index is 11.8. The van der Waals surface area contributed by atoms with Gasteiger partial charge in [-0.25, -0.2) is 4.79 Å². The van der Waals surface area contributed by atoms with Gasteiger partial charge < -0.3 is 19.7 Å². The van der Waals surface area contributed by atoms with Crippen molar-refractivity contribution in [2.75, 3.05) is 13.1 Å². The summed E-state index contributed by atoms with van der Waals surface area (Å²) in [6, 6.07) is 1.59. The molecule has 1 unspecified atom stereocenters. The topological polar surface area (TPSA) is 82.8 Å². The molecular weight excluding hydrogens is 236 g/mol. The van der Waals surface area contributed by atoms with Gasteiger partial charge in [-0.3, -0.25) is 4.79 Å². The van der Waals surface area contributed by atoms with Crippen LogP contribution < -0.4 is 5.32 Å². The molecule has 2 rings (SSSR count). The minimum absolute atomic E-state index is 0.241. The Labute approximate surface area is 105 Å². The first-order chi connectivity index (χ1) is 8.58. The molecule has 0 aromatic carbocycles.